The highest BCUT2D eigenvalue weighted by molar-refractivity contribution is 5.21. The van der Waals surface area contributed by atoms with Gasteiger partial charge in [-0.1, -0.05) is 26.0 Å². The van der Waals surface area contributed by atoms with Crippen LogP contribution < -0.4 is 0 Å². The second-order valence-electron chi connectivity index (χ2n) is 3.86. The second kappa shape index (κ2) is 5.11. The molecular weight excluding hydrogens is 179 g/mol. The summed E-state index contributed by atoms with van der Waals surface area (Å²) in [6, 6.07) is 6.67. The number of rotatable bonds is 4. The molecule has 0 N–H and O–H groups in total. The van der Waals surface area contributed by atoms with Crippen LogP contribution in [0, 0.1) is 11.7 Å². The van der Waals surface area contributed by atoms with Gasteiger partial charge in [0.25, 0.3) is 0 Å². The van der Waals surface area contributed by atoms with Gasteiger partial charge in [0.2, 0.25) is 0 Å². The lowest BCUT2D eigenvalue weighted by Crippen LogP contribution is -2.12. The maximum absolute atomic E-state index is 12.7. The Bertz CT molecular complexity index is 266. The van der Waals surface area contributed by atoms with Gasteiger partial charge < -0.3 is 4.74 Å². The lowest BCUT2D eigenvalue weighted by atomic mass is 9.89. The Morgan fingerprint density at radius 1 is 1.21 bits per heavy atom. The summed E-state index contributed by atoms with van der Waals surface area (Å²) in [5.74, 6) is 0.662. The number of methoxy groups -OCH3 is 1. The molecule has 0 aliphatic carbocycles. The first-order valence-electron chi connectivity index (χ1n) is 4.89. The Morgan fingerprint density at radius 2 is 1.79 bits per heavy atom. The molecule has 1 rings (SSSR count). The number of hydrogen-bond acceptors (Lipinski definition) is 1. The van der Waals surface area contributed by atoms with Gasteiger partial charge in [-0.25, -0.2) is 4.39 Å². The maximum Gasteiger partial charge on any atom is 0.123 e. The van der Waals surface area contributed by atoms with E-state index in [0.29, 0.717) is 18.4 Å². The van der Waals surface area contributed by atoms with Crippen LogP contribution in [0.4, 0.5) is 4.39 Å². The maximum atomic E-state index is 12.7. The molecule has 1 nitrogen and oxygen atoms in total. The molecule has 0 aliphatic heterocycles. The molecule has 1 atom stereocenters. The molecule has 0 aliphatic rings. The molecular formula is C12H17FO. The van der Waals surface area contributed by atoms with E-state index in [1.807, 2.05) is 12.1 Å². The van der Waals surface area contributed by atoms with Gasteiger partial charge in [0, 0.05) is 13.0 Å². The molecule has 1 aromatic carbocycles. The molecule has 0 heterocycles. The van der Waals surface area contributed by atoms with Crippen molar-refractivity contribution in [2.75, 3.05) is 13.7 Å². The molecule has 1 aromatic rings. The summed E-state index contributed by atoms with van der Waals surface area (Å²) < 4.78 is 17.9. The summed E-state index contributed by atoms with van der Waals surface area (Å²) in [7, 11) is 1.69. The van der Waals surface area contributed by atoms with Crippen molar-refractivity contribution in [3.63, 3.8) is 0 Å². The van der Waals surface area contributed by atoms with Gasteiger partial charge in [0.1, 0.15) is 5.82 Å². The number of halogens is 1. The van der Waals surface area contributed by atoms with Crippen LogP contribution >= 0.6 is 0 Å². The van der Waals surface area contributed by atoms with Gasteiger partial charge in [-0.2, -0.15) is 0 Å². The Morgan fingerprint density at radius 3 is 2.21 bits per heavy atom. The van der Waals surface area contributed by atoms with Crippen LogP contribution in [0.15, 0.2) is 24.3 Å². The van der Waals surface area contributed by atoms with Crippen LogP contribution in [0.1, 0.15) is 25.3 Å². The summed E-state index contributed by atoms with van der Waals surface area (Å²) in [6.07, 6.45) is 0. The van der Waals surface area contributed by atoms with Crippen molar-refractivity contribution in [1.29, 1.82) is 0 Å². The zero-order valence-electron chi connectivity index (χ0n) is 8.96. The topological polar surface area (TPSA) is 9.23 Å². The third kappa shape index (κ3) is 2.81. The van der Waals surface area contributed by atoms with E-state index >= 15 is 0 Å². The van der Waals surface area contributed by atoms with E-state index in [1.165, 1.54) is 12.1 Å². The first-order valence-corrected chi connectivity index (χ1v) is 4.89. The molecule has 0 radical (unpaired) electrons. The largest absolute Gasteiger partial charge is 0.384 e. The second-order valence-corrected chi connectivity index (χ2v) is 3.86. The Hall–Kier alpha value is -0.890. The molecule has 0 unspecified atom stereocenters. The number of hydrogen-bond donors (Lipinski definition) is 0. The van der Waals surface area contributed by atoms with Crippen LogP contribution in [0.2, 0.25) is 0 Å². The van der Waals surface area contributed by atoms with Gasteiger partial charge in [0.15, 0.2) is 0 Å². The molecule has 0 bridgehead atoms. The lowest BCUT2D eigenvalue weighted by molar-refractivity contribution is 0.162. The standard InChI is InChI=1S/C12H17FO/c1-9(2)12(8-14-3)10-4-6-11(13)7-5-10/h4-7,9,12H,8H2,1-3H3/t12-/m0/s1. The Labute approximate surface area is 84.9 Å². The van der Waals surface area contributed by atoms with E-state index in [1.54, 1.807) is 7.11 Å². The van der Waals surface area contributed by atoms with Gasteiger partial charge >= 0.3 is 0 Å². The first kappa shape index (κ1) is 11.2. The Balaban J connectivity index is 2.82. The normalized spacial score (nSPS) is 13.2. The molecule has 0 spiro atoms. The Kier molecular flexibility index (Phi) is 4.08. The highest BCUT2D eigenvalue weighted by Gasteiger charge is 2.15. The molecule has 0 saturated carbocycles. The number of benzene rings is 1. The van der Waals surface area contributed by atoms with Crippen molar-refractivity contribution >= 4 is 0 Å². The molecule has 0 fully saturated rings. The molecule has 2 heteroatoms. The zero-order chi connectivity index (χ0) is 10.6. The monoisotopic (exact) mass is 196 g/mol. The van der Waals surface area contributed by atoms with Crippen molar-refractivity contribution < 1.29 is 9.13 Å². The van der Waals surface area contributed by atoms with E-state index in [0.717, 1.165) is 5.56 Å². The molecule has 0 amide bonds. The predicted octanol–water partition coefficient (Wildman–Crippen LogP) is 3.21. The van der Waals surface area contributed by atoms with Crippen LogP contribution in [0.3, 0.4) is 0 Å². The van der Waals surface area contributed by atoms with E-state index in [9.17, 15) is 4.39 Å². The fourth-order valence-electron chi connectivity index (χ4n) is 1.56. The van der Waals surface area contributed by atoms with Crippen molar-refractivity contribution in [3.8, 4) is 0 Å². The smallest absolute Gasteiger partial charge is 0.123 e. The highest BCUT2D eigenvalue weighted by Crippen LogP contribution is 2.24. The van der Waals surface area contributed by atoms with Crippen LogP contribution in [-0.2, 0) is 4.74 Å². The van der Waals surface area contributed by atoms with Crippen molar-refractivity contribution in [3.05, 3.63) is 35.6 Å². The van der Waals surface area contributed by atoms with Crippen LogP contribution in [0.5, 0.6) is 0 Å². The molecule has 14 heavy (non-hydrogen) atoms. The average molecular weight is 196 g/mol. The lowest BCUT2D eigenvalue weighted by Gasteiger charge is -2.20. The van der Waals surface area contributed by atoms with Gasteiger partial charge in [-0.05, 0) is 23.6 Å². The van der Waals surface area contributed by atoms with Gasteiger partial charge in [0.05, 0.1) is 6.61 Å². The summed E-state index contributed by atoms with van der Waals surface area (Å²) in [5, 5.41) is 0. The van der Waals surface area contributed by atoms with Crippen molar-refractivity contribution in [1.82, 2.24) is 0 Å². The highest BCUT2D eigenvalue weighted by atomic mass is 19.1. The summed E-state index contributed by atoms with van der Waals surface area (Å²) >= 11 is 0. The first-order chi connectivity index (χ1) is 6.65. The average Bonchev–Trinajstić information content (AvgIpc) is 2.15. The fraction of sp³-hybridized carbons (Fsp3) is 0.500. The van der Waals surface area contributed by atoms with E-state index in [4.69, 9.17) is 4.74 Å². The SMILES string of the molecule is COC[C@H](c1ccc(F)cc1)C(C)C. The quantitative estimate of drug-likeness (QED) is 0.718. The third-order valence-electron chi connectivity index (χ3n) is 2.45. The molecule has 78 valence electrons. The summed E-state index contributed by atoms with van der Waals surface area (Å²) in [6.45, 7) is 4.98. The minimum Gasteiger partial charge on any atom is -0.384 e. The predicted molar refractivity (Wildman–Crippen MR) is 55.9 cm³/mol. The van der Waals surface area contributed by atoms with Crippen LogP contribution in [0.25, 0.3) is 0 Å². The van der Waals surface area contributed by atoms with E-state index < -0.39 is 0 Å². The minimum absolute atomic E-state index is 0.186. The summed E-state index contributed by atoms with van der Waals surface area (Å²) in [5.41, 5.74) is 1.14. The minimum atomic E-state index is -0.186. The molecule has 0 aromatic heterocycles. The van der Waals surface area contributed by atoms with E-state index in [2.05, 4.69) is 13.8 Å². The fourth-order valence-corrected chi connectivity index (χ4v) is 1.56. The van der Waals surface area contributed by atoms with E-state index in [-0.39, 0.29) is 5.82 Å². The summed E-state index contributed by atoms with van der Waals surface area (Å²) in [4.78, 5) is 0. The van der Waals surface area contributed by atoms with Gasteiger partial charge in [-0.3, -0.25) is 0 Å². The van der Waals surface area contributed by atoms with Crippen molar-refractivity contribution in [2.24, 2.45) is 5.92 Å². The number of ether oxygens (including phenoxy) is 1. The van der Waals surface area contributed by atoms with Gasteiger partial charge in [-0.15, -0.1) is 0 Å². The van der Waals surface area contributed by atoms with Crippen molar-refractivity contribution in [2.45, 2.75) is 19.8 Å². The van der Waals surface area contributed by atoms with Crippen LogP contribution in [-0.4, -0.2) is 13.7 Å². The molecule has 0 saturated heterocycles. The third-order valence-corrected chi connectivity index (χ3v) is 2.45. The zero-order valence-corrected chi connectivity index (χ0v) is 8.96.